The summed E-state index contributed by atoms with van der Waals surface area (Å²) in [5, 5.41) is 0.684. The van der Waals surface area contributed by atoms with Gasteiger partial charge in [0.2, 0.25) is 0 Å². The lowest BCUT2D eigenvalue weighted by molar-refractivity contribution is 0.0321. The van der Waals surface area contributed by atoms with E-state index >= 15 is 0 Å². The van der Waals surface area contributed by atoms with Crippen LogP contribution in [0, 0.1) is 6.92 Å². The molecule has 8 heteroatoms. The smallest absolute Gasteiger partial charge is 0.435 e. The molecule has 2 aromatic rings. The van der Waals surface area contributed by atoms with Crippen LogP contribution in [0.3, 0.4) is 0 Å². The van der Waals surface area contributed by atoms with Crippen LogP contribution in [0.5, 0.6) is 5.75 Å². The zero-order valence-electron chi connectivity index (χ0n) is 15.7. The summed E-state index contributed by atoms with van der Waals surface area (Å²) in [5.41, 5.74) is 0.830. The Kier molecular flexibility index (Phi) is 6.81. The second-order valence-corrected chi connectivity index (χ2v) is 5.75. The first-order valence-electron chi connectivity index (χ1n) is 8.60. The Labute approximate surface area is 156 Å². The van der Waals surface area contributed by atoms with Gasteiger partial charge in [0.15, 0.2) is 0 Å². The fourth-order valence-electron chi connectivity index (χ4n) is 2.56. The molecule has 0 saturated carbocycles. The number of carbonyl (C=O) groups is 2. The molecule has 0 unspecified atom stereocenters. The van der Waals surface area contributed by atoms with Crippen molar-refractivity contribution in [3.05, 3.63) is 39.7 Å². The Hall–Kier alpha value is -3.03. The molecule has 8 nitrogen and oxygen atoms in total. The molecule has 0 amide bonds. The maximum atomic E-state index is 12.4. The van der Waals surface area contributed by atoms with Gasteiger partial charge in [-0.2, -0.15) is 0 Å². The van der Waals surface area contributed by atoms with Crippen molar-refractivity contribution in [2.24, 2.45) is 0 Å². The van der Waals surface area contributed by atoms with Crippen molar-refractivity contribution in [1.29, 1.82) is 0 Å². The molecule has 2 rings (SSSR count). The highest BCUT2D eigenvalue weighted by Crippen LogP contribution is 2.25. The summed E-state index contributed by atoms with van der Waals surface area (Å²) in [6, 6.07) is 4.71. The topological polar surface area (TPSA) is 101 Å². The highest BCUT2D eigenvalue weighted by Gasteiger charge is 2.18. The molecule has 0 N–H and O–H groups in total. The SMILES string of the molecule is CCOC(=O)Oc1ccc2c(C)c(C[C@H](C)OC(=O)OCC)c(=O)oc2c1. The minimum atomic E-state index is -0.836. The summed E-state index contributed by atoms with van der Waals surface area (Å²) in [6.07, 6.45) is -2.00. The second-order valence-electron chi connectivity index (χ2n) is 5.75. The number of rotatable bonds is 6. The van der Waals surface area contributed by atoms with E-state index in [4.69, 9.17) is 23.4 Å². The summed E-state index contributed by atoms with van der Waals surface area (Å²) < 4.78 is 24.9. The lowest BCUT2D eigenvalue weighted by Gasteiger charge is -2.14. The third-order valence-corrected chi connectivity index (χ3v) is 3.77. The van der Waals surface area contributed by atoms with Crippen LogP contribution < -0.4 is 10.4 Å². The highest BCUT2D eigenvalue weighted by molar-refractivity contribution is 5.83. The Balaban J connectivity index is 2.26. The van der Waals surface area contributed by atoms with Gasteiger partial charge in [0, 0.05) is 23.4 Å². The minimum Gasteiger partial charge on any atom is -0.435 e. The lowest BCUT2D eigenvalue weighted by atomic mass is 10.0. The van der Waals surface area contributed by atoms with E-state index in [1.807, 2.05) is 0 Å². The average molecular weight is 378 g/mol. The number of hydrogen-bond acceptors (Lipinski definition) is 8. The standard InChI is InChI=1S/C19H22O8/c1-5-23-18(21)25-11(3)9-15-12(4)14-8-7-13(26-19(22)24-6-2)10-16(14)27-17(15)20/h7-8,10-11H,5-6,9H2,1-4H3/t11-/m0/s1. The fraction of sp³-hybridized carbons (Fsp3) is 0.421. The van der Waals surface area contributed by atoms with Crippen LogP contribution in [0.2, 0.25) is 0 Å². The predicted octanol–water partition coefficient (Wildman–Crippen LogP) is 3.74. The van der Waals surface area contributed by atoms with E-state index in [0.29, 0.717) is 16.5 Å². The highest BCUT2D eigenvalue weighted by atomic mass is 16.7. The molecule has 0 radical (unpaired) electrons. The van der Waals surface area contributed by atoms with Gasteiger partial charge in [0.25, 0.3) is 0 Å². The van der Waals surface area contributed by atoms with Gasteiger partial charge in [0.1, 0.15) is 17.4 Å². The van der Waals surface area contributed by atoms with Crippen LogP contribution in [0.1, 0.15) is 31.9 Å². The number of aryl methyl sites for hydroxylation is 1. The van der Waals surface area contributed by atoms with Gasteiger partial charge in [-0.1, -0.05) is 0 Å². The Morgan fingerprint density at radius 1 is 1.11 bits per heavy atom. The number of ether oxygens (including phenoxy) is 4. The van der Waals surface area contributed by atoms with Crippen molar-refractivity contribution < 1.29 is 33.0 Å². The van der Waals surface area contributed by atoms with Gasteiger partial charge in [-0.05, 0) is 45.4 Å². The predicted molar refractivity (Wildman–Crippen MR) is 96.1 cm³/mol. The van der Waals surface area contributed by atoms with E-state index < -0.39 is 24.0 Å². The number of carbonyl (C=O) groups excluding carboxylic acids is 2. The van der Waals surface area contributed by atoms with Crippen LogP contribution in [0.4, 0.5) is 9.59 Å². The van der Waals surface area contributed by atoms with Crippen molar-refractivity contribution in [2.45, 2.75) is 40.2 Å². The van der Waals surface area contributed by atoms with Gasteiger partial charge in [-0.25, -0.2) is 14.4 Å². The van der Waals surface area contributed by atoms with E-state index in [0.717, 1.165) is 0 Å². The second kappa shape index (κ2) is 9.07. The summed E-state index contributed by atoms with van der Waals surface area (Å²) in [6.45, 7) is 7.18. The molecule has 0 aliphatic rings. The Morgan fingerprint density at radius 2 is 1.78 bits per heavy atom. The zero-order chi connectivity index (χ0) is 20.0. The Bertz CT molecular complexity index is 883. The van der Waals surface area contributed by atoms with Crippen LogP contribution in [-0.2, 0) is 20.6 Å². The fourth-order valence-corrected chi connectivity index (χ4v) is 2.56. The third kappa shape index (κ3) is 5.22. The number of fused-ring (bicyclic) bond motifs is 1. The first kappa shape index (κ1) is 20.3. The number of benzene rings is 1. The molecule has 27 heavy (non-hydrogen) atoms. The van der Waals surface area contributed by atoms with Crippen LogP contribution >= 0.6 is 0 Å². The van der Waals surface area contributed by atoms with E-state index in [1.54, 1.807) is 39.8 Å². The molecule has 0 spiro atoms. The first-order valence-corrected chi connectivity index (χ1v) is 8.60. The van der Waals surface area contributed by atoms with Crippen LogP contribution in [-0.4, -0.2) is 31.6 Å². The first-order chi connectivity index (χ1) is 12.8. The van der Waals surface area contributed by atoms with Gasteiger partial charge in [-0.15, -0.1) is 0 Å². The molecular weight excluding hydrogens is 356 g/mol. The molecule has 0 aliphatic carbocycles. The molecular formula is C19H22O8. The minimum absolute atomic E-state index is 0.185. The molecule has 0 bridgehead atoms. The van der Waals surface area contributed by atoms with Crippen molar-refractivity contribution in [3.8, 4) is 5.75 Å². The van der Waals surface area contributed by atoms with Crippen molar-refractivity contribution in [2.75, 3.05) is 13.2 Å². The van der Waals surface area contributed by atoms with Gasteiger partial charge in [-0.3, -0.25) is 0 Å². The molecule has 0 saturated heterocycles. The van der Waals surface area contributed by atoms with Crippen molar-refractivity contribution in [1.82, 2.24) is 0 Å². The van der Waals surface area contributed by atoms with E-state index in [-0.39, 0.29) is 31.0 Å². The van der Waals surface area contributed by atoms with E-state index in [1.165, 1.54) is 6.07 Å². The molecule has 1 aromatic carbocycles. The molecule has 0 fully saturated rings. The van der Waals surface area contributed by atoms with Gasteiger partial charge in [0.05, 0.1) is 13.2 Å². The van der Waals surface area contributed by atoms with Crippen molar-refractivity contribution >= 4 is 23.3 Å². The molecule has 1 heterocycles. The maximum absolute atomic E-state index is 12.4. The summed E-state index contributed by atoms with van der Waals surface area (Å²) >= 11 is 0. The van der Waals surface area contributed by atoms with Crippen LogP contribution in [0.25, 0.3) is 11.0 Å². The number of hydrogen-bond donors (Lipinski definition) is 0. The summed E-state index contributed by atoms with van der Waals surface area (Å²) in [4.78, 5) is 35.2. The normalized spacial score (nSPS) is 11.7. The van der Waals surface area contributed by atoms with Crippen LogP contribution in [0.15, 0.2) is 27.4 Å². The Morgan fingerprint density at radius 3 is 2.44 bits per heavy atom. The quantitative estimate of drug-likeness (QED) is 0.426. The van der Waals surface area contributed by atoms with Gasteiger partial charge < -0.3 is 23.4 Å². The lowest BCUT2D eigenvalue weighted by Crippen LogP contribution is -2.22. The molecule has 1 atom stereocenters. The maximum Gasteiger partial charge on any atom is 0.513 e. The summed E-state index contributed by atoms with van der Waals surface area (Å²) in [5.74, 6) is 0.204. The summed E-state index contributed by atoms with van der Waals surface area (Å²) in [7, 11) is 0. The van der Waals surface area contributed by atoms with E-state index in [9.17, 15) is 14.4 Å². The molecule has 0 aliphatic heterocycles. The van der Waals surface area contributed by atoms with E-state index in [2.05, 4.69) is 0 Å². The monoisotopic (exact) mass is 378 g/mol. The molecule has 146 valence electrons. The zero-order valence-corrected chi connectivity index (χ0v) is 15.7. The molecule has 1 aromatic heterocycles. The van der Waals surface area contributed by atoms with Gasteiger partial charge >= 0.3 is 17.9 Å². The average Bonchev–Trinajstić information content (AvgIpc) is 2.58. The third-order valence-electron chi connectivity index (χ3n) is 3.77. The largest absolute Gasteiger partial charge is 0.513 e. The van der Waals surface area contributed by atoms with Crippen molar-refractivity contribution in [3.63, 3.8) is 0 Å².